The molecule has 1 amide bonds. The number of carbonyl (C=O) groups is 1. The molecule has 21 heavy (non-hydrogen) atoms. The average molecular weight is 290 g/mol. The molecule has 4 heteroatoms. The van der Waals surface area contributed by atoms with Crippen molar-refractivity contribution in [2.24, 2.45) is 0 Å². The number of nitrogens with zero attached hydrogens (tertiary/aromatic N) is 1. The Labute approximate surface area is 127 Å². The molecule has 1 saturated heterocycles. The van der Waals surface area contributed by atoms with Crippen LogP contribution in [0.15, 0.2) is 30.3 Å². The number of carbonyl (C=O) groups excluding carboxylic acids is 1. The van der Waals surface area contributed by atoms with Crippen LogP contribution in [0.1, 0.15) is 31.2 Å². The largest absolute Gasteiger partial charge is 0.380 e. The van der Waals surface area contributed by atoms with Gasteiger partial charge in [0.25, 0.3) is 5.91 Å². The van der Waals surface area contributed by atoms with Crippen molar-refractivity contribution < 1.29 is 9.90 Å². The Morgan fingerprint density at radius 3 is 2.57 bits per heavy atom. The van der Waals surface area contributed by atoms with Gasteiger partial charge in [0.15, 0.2) is 0 Å². The van der Waals surface area contributed by atoms with E-state index in [1.54, 1.807) is 0 Å². The van der Waals surface area contributed by atoms with Crippen LogP contribution >= 0.6 is 0 Å². The van der Waals surface area contributed by atoms with Gasteiger partial charge in [-0.3, -0.25) is 4.79 Å². The normalized spacial score (nSPS) is 18.4. The highest BCUT2D eigenvalue weighted by molar-refractivity contribution is 5.84. The molecule has 0 atom stereocenters. The topological polar surface area (TPSA) is 52.6 Å². The highest BCUT2D eigenvalue weighted by Crippen LogP contribution is 2.21. The number of hydrogen-bond acceptors (Lipinski definition) is 3. The minimum atomic E-state index is -1.16. The van der Waals surface area contributed by atoms with E-state index in [2.05, 4.69) is 22.3 Å². The second kappa shape index (κ2) is 7.57. The summed E-state index contributed by atoms with van der Waals surface area (Å²) >= 11 is 0. The molecular weight excluding hydrogens is 264 g/mol. The number of hydrogen-bond donors (Lipinski definition) is 2. The summed E-state index contributed by atoms with van der Waals surface area (Å²) in [5.41, 5.74) is 0.170. The maximum Gasteiger partial charge on any atom is 0.252 e. The van der Waals surface area contributed by atoms with Gasteiger partial charge in [-0.1, -0.05) is 30.3 Å². The molecule has 1 aromatic rings. The average Bonchev–Trinajstić information content (AvgIpc) is 2.51. The molecule has 0 spiro atoms. The molecular formula is C17H26N2O2. The first-order valence-electron chi connectivity index (χ1n) is 7.83. The molecule has 0 saturated carbocycles. The van der Waals surface area contributed by atoms with E-state index in [0.29, 0.717) is 19.4 Å². The fraction of sp³-hybridized carbons (Fsp3) is 0.588. The van der Waals surface area contributed by atoms with Gasteiger partial charge < -0.3 is 15.3 Å². The van der Waals surface area contributed by atoms with E-state index in [-0.39, 0.29) is 5.91 Å². The van der Waals surface area contributed by atoms with Crippen LogP contribution in [0.5, 0.6) is 0 Å². The van der Waals surface area contributed by atoms with E-state index in [9.17, 15) is 9.90 Å². The van der Waals surface area contributed by atoms with Crippen LogP contribution < -0.4 is 5.32 Å². The van der Waals surface area contributed by atoms with Crippen LogP contribution in [0.2, 0.25) is 0 Å². The summed E-state index contributed by atoms with van der Waals surface area (Å²) in [4.78, 5) is 14.2. The van der Waals surface area contributed by atoms with Crippen molar-refractivity contribution in [1.82, 2.24) is 10.2 Å². The Morgan fingerprint density at radius 2 is 1.90 bits per heavy atom. The van der Waals surface area contributed by atoms with Gasteiger partial charge in [-0.2, -0.15) is 0 Å². The smallest absolute Gasteiger partial charge is 0.252 e. The standard InChI is InChI=1S/C17H26N2O2/c1-19-13-10-17(21,11-14-19)16(20)18-12-6-5-9-15-7-3-2-4-8-15/h2-4,7-8,21H,5-6,9-14H2,1H3,(H,18,20). The molecule has 2 rings (SSSR count). The zero-order valence-electron chi connectivity index (χ0n) is 12.8. The third kappa shape index (κ3) is 4.83. The van der Waals surface area contributed by atoms with Crippen molar-refractivity contribution in [3.05, 3.63) is 35.9 Å². The molecule has 116 valence electrons. The number of unbranched alkanes of at least 4 members (excludes halogenated alkanes) is 1. The van der Waals surface area contributed by atoms with Crippen molar-refractivity contribution in [2.45, 2.75) is 37.7 Å². The summed E-state index contributed by atoms with van der Waals surface area (Å²) in [6, 6.07) is 10.4. The summed E-state index contributed by atoms with van der Waals surface area (Å²) in [5.74, 6) is -0.199. The van der Waals surface area contributed by atoms with Gasteiger partial charge in [-0.25, -0.2) is 0 Å². The quantitative estimate of drug-likeness (QED) is 0.782. The van der Waals surface area contributed by atoms with Crippen LogP contribution in [0.3, 0.4) is 0 Å². The molecule has 1 heterocycles. The number of piperidine rings is 1. The predicted octanol–water partition coefficient (Wildman–Crippen LogP) is 1.58. The molecule has 0 aromatic heterocycles. The van der Waals surface area contributed by atoms with E-state index in [0.717, 1.165) is 32.4 Å². The van der Waals surface area contributed by atoms with Gasteiger partial charge in [-0.15, -0.1) is 0 Å². The molecule has 0 radical (unpaired) electrons. The van der Waals surface area contributed by atoms with E-state index < -0.39 is 5.60 Å². The molecule has 1 aliphatic heterocycles. The van der Waals surface area contributed by atoms with E-state index in [1.807, 2.05) is 25.2 Å². The van der Waals surface area contributed by atoms with Gasteiger partial charge in [0, 0.05) is 19.6 Å². The van der Waals surface area contributed by atoms with Crippen LogP contribution in [0, 0.1) is 0 Å². The number of likely N-dealkylation sites (tertiary alicyclic amines) is 1. The summed E-state index contributed by atoms with van der Waals surface area (Å²) < 4.78 is 0. The first-order chi connectivity index (χ1) is 10.1. The molecule has 4 nitrogen and oxygen atoms in total. The number of nitrogens with one attached hydrogen (secondary N) is 1. The van der Waals surface area contributed by atoms with Crippen LogP contribution in [-0.4, -0.2) is 48.2 Å². The lowest BCUT2D eigenvalue weighted by Crippen LogP contribution is -2.53. The van der Waals surface area contributed by atoms with Gasteiger partial charge >= 0.3 is 0 Å². The minimum absolute atomic E-state index is 0.199. The Morgan fingerprint density at radius 1 is 1.24 bits per heavy atom. The fourth-order valence-electron chi connectivity index (χ4n) is 2.68. The Bertz CT molecular complexity index is 439. The van der Waals surface area contributed by atoms with E-state index in [1.165, 1.54) is 5.56 Å². The zero-order chi connectivity index (χ0) is 15.1. The lowest BCUT2D eigenvalue weighted by molar-refractivity contribution is -0.144. The SMILES string of the molecule is CN1CCC(O)(C(=O)NCCCCc2ccccc2)CC1. The van der Waals surface area contributed by atoms with Gasteiger partial charge in [0.2, 0.25) is 0 Å². The number of aliphatic hydroxyl groups is 1. The summed E-state index contributed by atoms with van der Waals surface area (Å²) in [5, 5.41) is 13.2. The Balaban J connectivity index is 1.63. The van der Waals surface area contributed by atoms with Crippen molar-refractivity contribution in [1.29, 1.82) is 0 Å². The first-order valence-corrected chi connectivity index (χ1v) is 7.83. The van der Waals surface area contributed by atoms with E-state index >= 15 is 0 Å². The number of benzene rings is 1. The van der Waals surface area contributed by atoms with Crippen molar-refractivity contribution in [3.8, 4) is 0 Å². The lowest BCUT2D eigenvalue weighted by atomic mass is 9.90. The monoisotopic (exact) mass is 290 g/mol. The highest BCUT2D eigenvalue weighted by atomic mass is 16.3. The van der Waals surface area contributed by atoms with Crippen molar-refractivity contribution >= 4 is 5.91 Å². The predicted molar refractivity (Wildman–Crippen MR) is 84.1 cm³/mol. The molecule has 0 aliphatic carbocycles. The van der Waals surface area contributed by atoms with Crippen molar-refractivity contribution in [2.75, 3.05) is 26.7 Å². The molecule has 0 bridgehead atoms. The summed E-state index contributed by atoms with van der Waals surface area (Å²) in [6.45, 7) is 2.19. The Hall–Kier alpha value is -1.39. The van der Waals surface area contributed by atoms with Gasteiger partial charge in [0.1, 0.15) is 5.60 Å². The first kappa shape index (κ1) is 16.0. The van der Waals surface area contributed by atoms with Crippen molar-refractivity contribution in [3.63, 3.8) is 0 Å². The second-order valence-electron chi connectivity index (χ2n) is 6.03. The van der Waals surface area contributed by atoms with Crippen LogP contribution in [0.4, 0.5) is 0 Å². The summed E-state index contributed by atoms with van der Waals surface area (Å²) in [7, 11) is 2.01. The minimum Gasteiger partial charge on any atom is -0.380 e. The number of aryl methyl sites for hydroxylation is 1. The number of amides is 1. The fourth-order valence-corrected chi connectivity index (χ4v) is 2.68. The molecule has 2 N–H and O–H groups in total. The zero-order valence-corrected chi connectivity index (χ0v) is 12.8. The van der Waals surface area contributed by atoms with Crippen LogP contribution in [0.25, 0.3) is 0 Å². The van der Waals surface area contributed by atoms with E-state index in [4.69, 9.17) is 0 Å². The number of rotatable bonds is 6. The highest BCUT2D eigenvalue weighted by Gasteiger charge is 2.38. The second-order valence-corrected chi connectivity index (χ2v) is 6.03. The third-order valence-electron chi connectivity index (χ3n) is 4.26. The molecule has 1 aromatic carbocycles. The Kier molecular flexibility index (Phi) is 5.76. The third-order valence-corrected chi connectivity index (χ3v) is 4.26. The van der Waals surface area contributed by atoms with Crippen LogP contribution in [-0.2, 0) is 11.2 Å². The molecule has 1 aliphatic rings. The molecule has 1 fully saturated rings. The van der Waals surface area contributed by atoms with Gasteiger partial charge in [-0.05, 0) is 44.7 Å². The van der Waals surface area contributed by atoms with Gasteiger partial charge in [0.05, 0.1) is 0 Å². The maximum atomic E-state index is 12.1. The maximum absolute atomic E-state index is 12.1. The molecule has 0 unspecified atom stereocenters. The lowest BCUT2D eigenvalue weighted by Gasteiger charge is -2.35. The summed E-state index contributed by atoms with van der Waals surface area (Å²) in [6.07, 6.45) is 4.08.